The molecule has 1 N–H and O–H groups in total. The Morgan fingerprint density at radius 2 is 2.00 bits per heavy atom. The molecule has 0 saturated carbocycles. The first-order valence-electron chi connectivity index (χ1n) is 7.37. The van der Waals surface area contributed by atoms with Crippen LogP contribution in [0.2, 0.25) is 0 Å². The Kier molecular flexibility index (Phi) is 5.36. The summed E-state index contributed by atoms with van der Waals surface area (Å²) in [5.74, 6) is -0.449. The van der Waals surface area contributed by atoms with E-state index in [1.807, 2.05) is 11.8 Å². The van der Waals surface area contributed by atoms with Gasteiger partial charge in [0.15, 0.2) is 0 Å². The van der Waals surface area contributed by atoms with Crippen LogP contribution in [0.1, 0.15) is 30.1 Å². The van der Waals surface area contributed by atoms with Crippen molar-refractivity contribution < 1.29 is 18.3 Å². The number of pyridine rings is 1. The van der Waals surface area contributed by atoms with Crippen molar-refractivity contribution in [2.24, 2.45) is 0 Å². The number of nitrogens with zero attached hydrogens (tertiary/aromatic N) is 3. The molecular weight excluding hydrogens is 306 g/mol. The molecule has 1 fully saturated rings. The van der Waals surface area contributed by atoms with Gasteiger partial charge in [0, 0.05) is 32.4 Å². The first-order chi connectivity index (χ1) is 10.5. The van der Waals surface area contributed by atoms with E-state index < -0.39 is 16.0 Å². The SMILES string of the molecule is CCCCS(=O)(=O)N1CCN(c2ncccc2C(=O)O)CC1. The van der Waals surface area contributed by atoms with Crippen LogP contribution in [0.15, 0.2) is 18.3 Å². The lowest BCUT2D eigenvalue weighted by atomic mass is 10.2. The molecule has 1 aromatic rings. The van der Waals surface area contributed by atoms with Crippen LogP contribution in [0.5, 0.6) is 0 Å². The molecule has 2 heterocycles. The second-order valence-electron chi connectivity index (χ2n) is 5.24. The zero-order chi connectivity index (χ0) is 16.2. The van der Waals surface area contributed by atoms with Crippen LogP contribution in [0.4, 0.5) is 5.82 Å². The molecule has 122 valence electrons. The number of unbranched alkanes of at least 4 members (excludes halogenated alkanes) is 1. The molecule has 0 atom stereocenters. The third kappa shape index (κ3) is 3.75. The standard InChI is InChI=1S/C14H21N3O4S/c1-2-3-11-22(20,21)17-9-7-16(8-10-17)13-12(14(18)19)5-4-6-15-13/h4-6H,2-3,7-11H2,1H3,(H,18,19). The Morgan fingerprint density at radius 1 is 1.32 bits per heavy atom. The molecule has 0 spiro atoms. The molecule has 2 rings (SSSR count). The van der Waals surface area contributed by atoms with Crippen LogP contribution in [0.25, 0.3) is 0 Å². The van der Waals surface area contributed by atoms with Gasteiger partial charge in [0.1, 0.15) is 11.4 Å². The zero-order valence-corrected chi connectivity index (χ0v) is 13.4. The van der Waals surface area contributed by atoms with Crippen LogP contribution in [0, 0.1) is 0 Å². The molecule has 1 aromatic heterocycles. The number of anilines is 1. The van der Waals surface area contributed by atoms with Crippen molar-refractivity contribution in [1.82, 2.24) is 9.29 Å². The minimum Gasteiger partial charge on any atom is -0.478 e. The topological polar surface area (TPSA) is 90.8 Å². The van der Waals surface area contributed by atoms with E-state index >= 15 is 0 Å². The van der Waals surface area contributed by atoms with Crippen LogP contribution in [-0.2, 0) is 10.0 Å². The van der Waals surface area contributed by atoms with Gasteiger partial charge < -0.3 is 10.0 Å². The summed E-state index contributed by atoms with van der Waals surface area (Å²) in [4.78, 5) is 17.2. The molecule has 0 amide bonds. The largest absolute Gasteiger partial charge is 0.478 e. The van der Waals surface area contributed by atoms with Crippen LogP contribution >= 0.6 is 0 Å². The van der Waals surface area contributed by atoms with Gasteiger partial charge in [0.25, 0.3) is 0 Å². The van der Waals surface area contributed by atoms with Crippen molar-refractivity contribution in [2.75, 3.05) is 36.8 Å². The normalized spacial score (nSPS) is 16.7. The number of piperazine rings is 1. The first kappa shape index (κ1) is 16.7. The lowest BCUT2D eigenvalue weighted by Gasteiger charge is -2.35. The Bertz CT molecular complexity index is 625. The number of carboxylic acids is 1. The second kappa shape index (κ2) is 7.06. The van der Waals surface area contributed by atoms with Crippen LogP contribution in [0.3, 0.4) is 0 Å². The van der Waals surface area contributed by atoms with Crippen LogP contribution < -0.4 is 4.90 Å². The Morgan fingerprint density at radius 3 is 2.59 bits per heavy atom. The third-order valence-electron chi connectivity index (χ3n) is 3.70. The summed E-state index contributed by atoms with van der Waals surface area (Å²) in [6.45, 7) is 3.58. The third-order valence-corrected chi connectivity index (χ3v) is 5.66. The molecule has 0 bridgehead atoms. The molecular formula is C14H21N3O4S. The van der Waals surface area contributed by atoms with Crippen molar-refractivity contribution in [1.29, 1.82) is 0 Å². The average Bonchev–Trinajstić information content (AvgIpc) is 2.53. The number of rotatable bonds is 6. The van der Waals surface area contributed by atoms with Gasteiger partial charge in [-0.15, -0.1) is 0 Å². The fourth-order valence-corrected chi connectivity index (χ4v) is 4.08. The highest BCUT2D eigenvalue weighted by Crippen LogP contribution is 2.20. The highest BCUT2D eigenvalue weighted by atomic mass is 32.2. The molecule has 8 heteroatoms. The smallest absolute Gasteiger partial charge is 0.339 e. The average molecular weight is 327 g/mol. The van der Waals surface area contributed by atoms with E-state index in [-0.39, 0.29) is 11.3 Å². The summed E-state index contributed by atoms with van der Waals surface area (Å²) in [6.07, 6.45) is 3.05. The maximum Gasteiger partial charge on any atom is 0.339 e. The quantitative estimate of drug-likeness (QED) is 0.839. The van der Waals surface area contributed by atoms with Gasteiger partial charge in [0.2, 0.25) is 10.0 Å². The molecule has 0 unspecified atom stereocenters. The number of hydrogen-bond donors (Lipinski definition) is 1. The molecule has 1 aliphatic rings. The lowest BCUT2D eigenvalue weighted by molar-refractivity contribution is 0.0697. The summed E-state index contributed by atoms with van der Waals surface area (Å²) in [7, 11) is -3.21. The molecule has 7 nitrogen and oxygen atoms in total. The number of carbonyl (C=O) groups is 1. The number of aromatic carboxylic acids is 1. The highest BCUT2D eigenvalue weighted by molar-refractivity contribution is 7.89. The molecule has 0 aliphatic carbocycles. The Balaban J connectivity index is 2.05. The fourth-order valence-electron chi connectivity index (χ4n) is 2.45. The van der Waals surface area contributed by atoms with Gasteiger partial charge >= 0.3 is 5.97 Å². The van der Waals surface area contributed by atoms with Gasteiger partial charge in [-0.1, -0.05) is 13.3 Å². The van der Waals surface area contributed by atoms with Gasteiger partial charge in [-0.2, -0.15) is 4.31 Å². The predicted molar refractivity (Wildman–Crippen MR) is 83.7 cm³/mol. The van der Waals surface area contributed by atoms with E-state index in [0.29, 0.717) is 38.4 Å². The molecule has 1 aliphatic heterocycles. The van der Waals surface area contributed by atoms with Crippen molar-refractivity contribution >= 4 is 21.8 Å². The van der Waals surface area contributed by atoms with Crippen molar-refractivity contribution in [3.05, 3.63) is 23.9 Å². The summed E-state index contributed by atoms with van der Waals surface area (Å²) >= 11 is 0. The van der Waals surface area contributed by atoms with Gasteiger partial charge in [-0.3, -0.25) is 0 Å². The number of sulfonamides is 1. The molecule has 0 aromatic carbocycles. The number of carboxylic acid groups (broad SMARTS) is 1. The van der Waals surface area contributed by atoms with E-state index in [4.69, 9.17) is 0 Å². The fraction of sp³-hybridized carbons (Fsp3) is 0.571. The Hall–Kier alpha value is -1.67. The van der Waals surface area contributed by atoms with Gasteiger partial charge in [0.05, 0.1) is 5.75 Å². The van der Waals surface area contributed by atoms with Gasteiger partial charge in [-0.25, -0.2) is 18.2 Å². The van der Waals surface area contributed by atoms with Gasteiger partial charge in [-0.05, 0) is 18.6 Å². The molecule has 1 saturated heterocycles. The molecule has 0 radical (unpaired) electrons. The first-order valence-corrected chi connectivity index (χ1v) is 8.97. The van der Waals surface area contributed by atoms with E-state index in [1.165, 1.54) is 10.4 Å². The predicted octanol–water partition coefficient (Wildman–Crippen LogP) is 1.03. The highest BCUT2D eigenvalue weighted by Gasteiger charge is 2.28. The monoisotopic (exact) mass is 327 g/mol. The summed E-state index contributed by atoms with van der Waals surface area (Å²) in [5, 5.41) is 9.20. The zero-order valence-electron chi connectivity index (χ0n) is 12.6. The van der Waals surface area contributed by atoms with Crippen LogP contribution in [-0.4, -0.2) is 60.7 Å². The van der Waals surface area contributed by atoms with E-state index in [9.17, 15) is 18.3 Å². The van der Waals surface area contributed by atoms with E-state index in [1.54, 1.807) is 12.3 Å². The minimum atomic E-state index is -3.21. The van der Waals surface area contributed by atoms with Crippen molar-refractivity contribution in [3.8, 4) is 0 Å². The number of aromatic nitrogens is 1. The Labute approximate surface area is 130 Å². The van der Waals surface area contributed by atoms with E-state index in [0.717, 1.165) is 6.42 Å². The number of hydrogen-bond acceptors (Lipinski definition) is 5. The summed E-state index contributed by atoms with van der Waals surface area (Å²) in [5.41, 5.74) is 0.143. The second-order valence-corrected chi connectivity index (χ2v) is 7.32. The maximum absolute atomic E-state index is 12.2. The van der Waals surface area contributed by atoms with Crippen molar-refractivity contribution in [3.63, 3.8) is 0 Å². The maximum atomic E-state index is 12.2. The molecule has 22 heavy (non-hydrogen) atoms. The van der Waals surface area contributed by atoms with E-state index in [2.05, 4.69) is 4.98 Å². The minimum absolute atomic E-state index is 0.143. The van der Waals surface area contributed by atoms with Crippen molar-refractivity contribution in [2.45, 2.75) is 19.8 Å². The summed E-state index contributed by atoms with van der Waals surface area (Å²) < 4.78 is 25.8. The summed E-state index contributed by atoms with van der Waals surface area (Å²) in [6, 6.07) is 3.09. The lowest BCUT2D eigenvalue weighted by Crippen LogP contribution is -2.49.